The van der Waals surface area contributed by atoms with Crippen LogP contribution in [0.4, 0.5) is 4.39 Å². The highest BCUT2D eigenvalue weighted by Gasteiger charge is 2.24. The fourth-order valence-corrected chi connectivity index (χ4v) is 3.10. The first-order chi connectivity index (χ1) is 9.72. The van der Waals surface area contributed by atoms with Crippen molar-refractivity contribution in [3.63, 3.8) is 0 Å². The van der Waals surface area contributed by atoms with Crippen LogP contribution >= 0.6 is 11.6 Å². The largest absolute Gasteiger partial charge is 0.314 e. The number of hydrogen-bond donors (Lipinski definition) is 1. The van der Waals surface area contributed by atoms with Gasteiger partial charge in [-0.25, -0.2) is 4.39 Å². The summed E-state index contributed by atoms with van der Waals surface area (Å²) in [6.07, 6.45) is 5.10. The Bertz CT molecular complexity index is 434. The average Bonchev–Trinajstić information content (AvgIpc) is 3.26. The van der Waals surface area contributed by atoms with Crippen molar-refractivity contribution in [2.75, 3.05) is 19.6 Å². The summed E-state index contributed by atoms with van der Waals surface area (Å²) in [5.74, 6) is 0.595. The van der Waals surface area contributed by atoms with Crippen LogP contribution in [0.1, 0.15) is 31.2 Å². The molecule has 1 N–H and O–H groups in total. The second-order valence-electron chi connectivity index (χ2n) is 6.10. The number of halogens is 2. The number of hydrogen-bond acceptors (Lipinski definition) is 2. The fraction of sp³-hybridized carbons (Fsp3) is 0.625. The molecule has 3 rings (SSSR count). The molecule has 1 saturated carbocycles. The van der Waals surface area contributed by atoms with E-state index in [9.17, 15) is 4.39 Å². The molecular weight excluding hydrogens is 275 g/mol. The van der Waals surface area contributed by atoms with Crippen LogP contribution in [0, 0.1) is 11.7 Å². The van der Waals surface area contributed by atoms with Crippen LogP contribution in [0.25, 0.3) is 0 Å². The monoisotopic (exact) mass is 296 g/mol. The van der Waals surface area contributed by atoms with Crippen LogP contribution in [0.15, 0.2) is 18.2 Å². The summed E-state index contributed by atoms with van der Waals surface area (Å²) >= 11 is 6.09. The zero-order valence-electron chi connectivity index (χ0n) is 11.7. The van der Waals surface area contributed by atoms with Gasteiger partial charge in [0, 0.05) is 23.2 Å². The topological polar surface area (TPSA) is 15.3 Å². The summed E-state index contributed by atoms with van der Waals surface area (Å²) in [6.45, 7) is 3.87. The highest BCUT2D eigenvalue weighted by molar-refractivity contribution is 6.31. The van der Waals surface area contributed by atoms with Crippen molar-refractivity contribution in [2.45, 2.75) is 38.3 Å². The highest BCUT2D eigenvalue weighted by Crippen LogP contribution is 2.25. The van der Waals surface area contributed by atoms with E-state index in [-0.39, 0.29) is 5.82 Å². The molecule has 0 amide bonds. The third-order valence-electron chi connectivity index (χ3n) is 4.42. The van der Waals surface area contributed by atoms with Gasteiger partial charge in [-0.05, 0) is 63.4 Å². The molecule has 1 aromatic carbocycles. The van der Waals surface area contributed by atoms with Crippen molar-refractivity contribution < 1.29 is 4.39 Å². The molecule has 1 aliphatic carbocycles. The summed E-state index contributed by atoms with van der Waals surface area (Å²) in [5, 5.41) is 4.15. The minimum absolute atomic E-state index is 0.185. The van der Waals surface area contributed by atoms with Crippen molar-refractivity contribution in [2.24, 2.45) is 5.92 Å². The van der Waals surface area contributed by atoms with Gasteiger partial charge in [-0.3, -0.25) is 4.90 Å². The predicted molar refractivity (Wildman–Crippen MR) is 80.4 cm³/mol. The van der Waals surface area contributed by atoms with E-state index in [0.29, 0.717) is 17.1 Å². The Morgan fingerprint density at radius 2 is 1.95 bits per heavy atom. The van der Waals surface area contributed by atoms with Gasteiger partial charge in [-0.1, -0.05) is 17.7 Å². The van der Waals surface area contributed by atoms with E-state index in [1.54, 1.807) is 12.1 Å². The second kappa shape index (κ2) is 6.42. The van der Waals surface area contributed by atoms with Gasteiger partial charge in [0.05, 0.1) is 0 Å². The summed E-state index contributed by atoms with van der Waals surface area (Å²) in [7, 11) is 0. The molecule has 20 heavy (non-hydrogen) atoms. The first-order valence-corrected chi connectivity index (χ1v) is 7.99. The molecule has 110 valence electrons. The Morgan fingerprint density at radius 1 is 1.20 bits per heavy atom. The molecule has 1 aliphatic heterocycles. The third-order valence-corrected chi connectivity index (χ3v) is 4.78. The van der Waals surface area contributed by atoms with Gasteiger partial charge < -0.3 is 5.32 Å². The molecular formula is C16H22ClFN2. The summed E-state index contributed by atoms with van der Waals surface area (Å²) < 4.78 is 13.8. The molecule has 1 aromatic rings. The van der Waals surface area contributed by atoms with E-state index in [0.717, 1.165) is 31.6 Å². The van der Waals surface area contributed by atoms with Crippen LogP contribution in [0.2, 0.25) is 5.02 Å². The molecule has 1 heterocycles. The van der Waals surface area contributed by atoms with Gasteiger partial charge in [0.15, 0.2) is 0 Å². The SMILES string of the molecule is Fc1cccc(Cl)c1CN1CCC(CNC2CC2)CC1. The van der Waals surface area contributed by atoms with Crippen molar-refractivity contribution in [1.29, 1.82) is 0 Å². The van der Waals surface area contributed by atoms with Crippen LogP contribution in [0.3, 0.4) is 0 Å². The maximum absolute atomic E-state index is 13.8. The maximum atomic E-state index is 13.8. The number of piperidine rings is 1. The van der Waals surface area contributed by atoms with Gasteiger partial charge in [-0.15, -0.1) is 0 Å². The van der Waals surface area contributed by atoms with E-state index < -0.39 is 0 Å². The molecule has 0 bridgehead atoms. The fourth-order valence-electron chi connectivity index (χ4n) is 2.88. The molecule has 2 fully saturated rings. The first-order valence-electron chi connectivity index (χ1n) is 7.61. The second-order valence-corrected chi connectivity index (χ2v) is 6.51. The molecule has 0 aromatic heterocycles. The highest BCUT2D eigenvalue weighted by atomic mass is 35.5. The van der Waals surface area contributed by atoms with Crippen molar-refractivity contribution in [1.82, 2.24) is 10.2 Å². The lowest BCUT2D eigenvalue weighted by molar-refractivity contribution is 0.173. The van der Waals surface area contributed by atoms with E-state index in [4.69, 9.17) is 11.6 Å². The molecule has 0 atom stereocenters. The lowest BCUT2D eigenvalue weighted by atomic mass is 9.96. The Balaban J connectivity index is 1.48. The Labute approximate surface area is 125 Å². The van der Waals surface area contributed by atoms with E-state index >= 15 is 0 Å². The third kappa shape index (κ3) is 3.72. The Kier molecular flexibility index (Phi) is 4.59. The molecule has 0 radical (unpaired) electrons. The number of rotatable bonds is 5. The normalized spacial score (nSPS) is 21.3. The van der Waals surface area contributed by atoms with Gasteiger partial charge >= 0.3 is 0 Å². The van der Waals surface area contributed by atoms with Gasteiger partial charge in [0.1, 0.15) is 5.82 Å². The van der Waals surface area contributed by atoms with Crippen LogP contribution in [0.5, 0.6) is 0 Å². The van der Waals surface area contributed by atoms with E-state index in [1.807, 2.05) is 0 Å². The molecule has 4 heteroatoms. The van der Waals surface area contributed by atoms with Gasteiger partial charge in [0.25, 0.3) is 0 Å². The van der Waals surface area contributed by atoms with E-state index in [1.165, 1.54) is 31.7 Å². The predicted octanol–water partition coefficient (Wildman–Crippen LogP) is 3.44. The zero-order chi connectivity index (χ0) is 13.9. The Hall–Kier alpha value is -0.640. The summed E-state index contributed by atoms with van der Waals surface area (Å²) in [4.78, 5) is 2.32. The minimum atomic E-state index is -0.185. The number of likely N-dealkylation sites (tertiary alicyclic amines) is 1. The van der Waals surface area contributed by atoms with Crippen molar-refractivity contribution in [3.8, 4) is 0 Å². The quantitative estimate of drug-likeness (QED) is 0.895. The van der Waals surface area contributed by atoms with Crippen LogP contribution < -0.4 is 5.32 Å². The number of nitrogens with one attached hydrogen (secondary N) is 1. The minimum Gasteiger partial charge on any atom is -0.314 e. The zero-order valence-corrected chi connectivity index (χ0v) is 12.5. The van der Waals surface area contributed by atoms with E-state index in [2.05, 4.69) is 10.2 Å². The summed E-state index contributed by atoms with van der Waals surface area (Å²) in [5.41, 5.74) is 0.642. The van der Waals surface area contributed by atoms with Crippen molar-refractivity contribution in [3.05, 3.63) is 34.6 Å². The van der Waals surface area contributed by atoms with Crippen LogP contribution in [-0.4, -0.2) is 30.6 Å². The van der Waals surface area contributed by atoms with Gasteiger partial charge in [-0.2, -0.15) is 0 Å². The average molecular weight is 297 g/mol. The molecule has 0 unspecified atom stereocenters. The smallest absolute Gasteiger partial charge is 0.129 e. The maximum Gasteiger partial charge on any atom is 0.129 e. The molecule has 2 aliphatic rings. The lowest BCUT2D eigenvalue weighted by Crippen LogP contribution is -2.37. The van der Waals surface area contributed by atoms with Crippen LogP contribution in [-0.2, 0) is 6.54 Å². The summed E-state index contributed by atoms with van der Waals surface area (Å²) in [6, 6.07) is 5.72. The van der Waals surface area contributed by atoms with Gasteiger partial charge in [0.2, 0.25) is 0 Å². The molecule has 1 saturated heterocycles. The Morgan fingerprint density at radius 3 is 2.60 bits per heavy atom. The number of benzene rings is 1. The molecule has 0 spiro atoms. The molecule has 2 nitrogen and oxygen atoms in total. The lowest BCUT2D eigenvalue weighted by Gasteiger charge is -2.32. The standard InChI is InChI=1S/C16H22ClFN2/c17-15-2-1-3-16(18)14(15)11-20-8-6-12(7-9-20)10-19-13-4-5-13/h1-3,12-13,19H,4-11H2. The first kappa shape index (κ1) is 14.3. The van der Waals surface area contributed by atoms with Crippen molar-refractivity contribution >= 4 is 11.6 Å². The number of nitrogens with zero attached hydrogens (tertiary/aromatic N) is 1.